The standard InChI is InChI=1S/C24H36O/c1-3-19-10-12-21(13-11-19)24(18-20-8-6-5-7-9-20)22-14-16-23(17-15-22)25-4-2/h5-6,14-17,19-21,24H,3-4,7-13,18H2,1-2H3. The Hall–Kier alpha value is -1.24. The van der Waals surface area contributed by atoms with Crippen molar-refractivity contribution in [1.29, 1.82) is 0 Å². The lowest BCUT2D eigenvalue weighted by molar-refractivity contribution is 0.215. The molecule has 138 valence electrons. The Bertz CT molecular complexity index is 522. The molecule has 0 spiro atoms. The normalized spacial score (nSPS) is 27.8. The second-order valence-corrected chi connectivity index (χ2v) is 8.18. The molecule has 0 saturated heterocycles. The number of rotatable bonds is 7. The van der Waals surface area contributed by atoms with Gasteiger partial charge in [0.25, 0.3) is 0 Å². The molecule has 2 aliphatic carbocycles. The molecule has 1 nitrogen and oxygen atoms in total. The van der Waals surface area contributed by atoms with E-state index in [1.807, 2.05) is 0 Å². The molecule has 0 amide bonds. The van der Waals surface area contributed by atoms with Crippen molar-refractivity contribution >= 4 is 0 Å². The molecular formula is C24H36O. The highest BCUT2D eigenvalue weighted by atomic mass is 16.5. The van der Waals surface area contributed by atoms with Gasteiger partial charge in [0.05, 0.1) is 6.61 Å². The van der Waals surface area contributed by atoms with Crippen LogP contribution in [0.1, 0.15) is 83.1 Å². The van der Waals surface area contributed by atoms with Gasteiger partial charge in [-0.05, 0) is 86.8 Å². The maximum absolute atomic E-state index is 5.66. The lowest BCUT2D eigenvalue weighted by Crippen LogP contribution is -2.23. The van der Waals surface area contributed by atoms with E-state index < -0.39 is 0 Å². The molecule has 2 aliphatic rings. The minimum Gasteiger partial charge on any atom is -0.494 e. The third kappa shape index (κ3) is 5.12. The van der Waals surface area contributed by atoms with Gasteiger partial charge in [0, 0.05) is 0 Å². The van der Waals surface area contributed by atoms with Gasteiger partial charge in [-0.25, -0.2) is 0 Å². The fraction of sp³-hybridized carbons (Fsp3) is 0.667. The first-order valence-electron chi connectivity index (χ1n) is 10.7. The van der Waals surface area contributed by atoms with Crippen LogP contribution in [0.2, 0.25) is 0 Å². The van der Waals surface area contributed by atoms with Crippen molar-refractivity contribution in [3.63, 3.8) is 0 Å². The molecular weight excluding hydrogens is 304 g/mol. The summed E-state index contributed by atoms with van der Waals surface area (Å²) in [5.41, 5.74) is 1.55. The van der Waals surface area contributed by atoms with Gasteiger partial charge in [0.2, 0.25) is 0 Å². The summed E-state index contributed by atoms with van der Waals surface area (Å²) in [6.07, 6.45) is 17.2. The van der Waals surface area contributed by atoms with Crippen molar-refractivity contribution in [3.8, 4) is 5.75 Å². The Kier molecular flexibility index (Phi) is 7.02. The molecule has 3 rings (SSSR count). The third-order valence-electron chi connectivity index (χ3n) is 6.62. The summed E-state index contributed by atoms with van der Waals surface area (Å²) in [5, 5.41) is 0. The summed E-state index contributed by atoms with van der Waals surface area (Å²) in [6, 6.07) is 9.06. The number of allylic oxidation sites excluding steroid dienone is 2. The highest BCUT2D eigenvalue weighted by Crippen LogP contribution is 2.43. The van der Waals surface area contributed by atoms with Crippen LogP contribution in [0.15, 0.2) is 36.4 Å². The summed E-state index contributed by atoms with van der Waals surface area (Å²) >= 11 is 0. The fourth-order valence-corrected chi connectivity index (χ4v) is 5.01. The van der Waals surface area contributed by atoms with Crippen LogP contribution >= 0.6 is 0 Å². The maximum atomic E-state index is 5.66. The molecule has 0 aromatic heterocycles. The fourth-order valence-electron chi connectivity index (χ4n) is 5.01. The maximum Gasteiger partial charge on any atom is 0.119 e. The first-order chi connectivity index (χ1) is 12.3. The van der Waals surface area contributed by atoms with Crippen LogP contribution in [0.4, 0.5) is 0 Å². The van der Waals surface area contributed by atoms with E-state index in [0.717, 1.165) is 36.0 Å². The average Bonchev–Trinajstić information content (AvgIpc) is 2.68. The van der Waals surface area contributed by atoms with Crippen LogP contribution in [0.3, 0.4) is 0 Å². The Morgan fingerprint density at radius 2 is 1.68 bits per heavy atom. The molecule has 0 heterocycles. The minimum atomic E-state index is 0.741. The zero-order chi connectivity index (χ0) is 17.5. The quantitative estimate of drug-likeness (QED) is 0.480. The smallest absolute Gasteiger partial charge is 0.119 e. The van der Waals surface area contributed by atoms with Crippen molar-refractivity contribution in [2.75, 3.05) is 6.61 Å². The predicted octanol–water partition coefficient (Wildman–Crippen LogP) is 7.13. The van der Waals surface area contributed by atoms with Crippen LogP contribution in [0, 0.1) is 17.8 Å². The van der Waals surface area contributed by atoms with E-state index in [0.29, 0.717) is 0 Å². The molecule has 2 atom stereocenters. The number of ether oxygens (including phenoxy) is 1. The van der Waals surface area contributed by atoms with E-state index in [4.69, 9.17) is 4.74 Å². The Labute approximate surface area is 154 Å². The van der Waals surface area contributed by atoms with Gasteiger partial charge in [-0.2, -0.15) is 0 Å². The van der Waals surface area contributed by atoms with Crippen molar-refractivity contribution in [3.05, 3.63) is 42.0 Å². The van der Waals surface area contributed by atoms with Gasteiger partial charge in [-0.15, -0.1) is 0 Å². The third-order valence-corrected chi connectivity index (χ3v) is 6.62. The van der Waals surface area contributed by atoms with Crippen molar-refractivity contribution in [2.45, 2.75) is 77.6 Å². The van der Waals surface area contributed by atoms with Gasteiger partial charge >= 0.3 is 0 Å². The number of hydrogen-bond donors (Lipinski definition) is 0. The first-order valence-corrected chi connectivity index (χ1v) is 10.7. The van der Waals surface area contributed by atoms with E-state index in [-0.39, 0.29) is 0 Å². The van der Waals surface area contributed by atoms with Crippen molar-refractivity contribution in [2.24, 2.45) is 17.8 Å². The molecule has 1 fully saturated rings. The lowest BCUT2D eigenvalue weighted by atomic mass is 9.69. The zero-order valence-corrected chi connectivity index (χ0v) is 16.3. The molecule has 0 bridgehead atoms. The van der Waals surface area contributed by atoms with Crippen LogP contribution in [-0.4, -0.2) is 6.61 Å². The molecule has 0 radical (unpaired) electrons. The van der Waals surface area contributed by atoms with Crippen LogP contribution in [-0.2, 0) is 0 Å². The summed E-state index contributed by atoms with van der Waals surface area (Å²) in [6.45, 7) is 5.17. The highest BCUT2D eigenvalue weighted by molar-refractivity contribution is 5.30. The van der Waals surface area contributed by atoms with Gasteiger partial charge in [-0.1, -0.05) is 50.5 Å². The zero-order valence-electron chi connectivity index (χ0n) is 16.3. The lowest BCUT2D eigenvalue weighted by Gasteiger charge is -2.36. The molecule has 1 heteroatoms. The molecule has 2 unspecified atom stereocenters. The molecule has 25 heavy (non-hydrogen) atoms. The minimum absolute atomic E-state index is 0.741. The highest BCUT2D eigenvalue weighted by Gasteiger charge is 2.30. The largest absolute Gasteiger partial charge is 0.494 e. The summed E-state index contributed by atoms with van der Waals surface area (Å²) < 4.78 is 5.66. The first kappa shape index (κ1) is 18.5. The monoisotopic (exact) mass is 340 g/mol. The van der Waals surface area contributed by atoms with E-state index in [1.165, 1.54) is 57.8 Å². The summed E-state index contributed by atoms with van der Waals surface area (Å²) in [5.74, 6) is 4.50. The SMILES string of the molecule is CCOc1ccc(C(CC2CC=CCC2)C2CCC(CC)CC2)cc1. The molecule has 1 aromatic rings. The van der Waals surface area contributed by atoms with E-state index in [9.17, 15) is 0 Å². The van der Waals surface area contributed by atoms with Crippen LogP contribution in [0.5, 0.6) is 5.75 Å². The second-order valence-electron chi connectivity index (χ2n) is 8.18. The molecule has 0 aliphatic heterocycles. The summed E-state index contributed by atoms with van der Waals surface area (Å²) in [7, 11) is 0. The van der Waals surface area contributed by atoms with Crippen molar-refractivity contribution in [1.82, 2.24) is 0 Å². The Morgan fingerprint density at radius 3 is 2.28 bits per heavy atom. The Morgan fingerprint density at radius 1 is 0.920 bits per heavy atom. The second kappa shape index (κ2) is 9.46. The van der Waals surface area contributed by atoms with E-state index in [1.54, 1.807) is 5.56 Å². The summed E-state index contributed by atoms with van der Waals surface area (Å²) in [4.78, 5) is 0. The van der Waals surface area contributed by atoms with Crippen molar-refractivity contribution < 1.29 is 4.74 Å². The van der Waals surface area contributed by atoms with Gasteiger partial charge in [0.15, 0.2) is 0 Å². The van der Waals surface area contributed by atoms with Gasteiger partial charge in [0.1, 0.15) is 5.75 Å². The van der Waals surface area contributed by atoms with Gasteiger partial charge in [-0.3, -0.25) is 0 Å². The molecule has 1 aromatic carbocycles. The number of hydrogen-bond acceptors (Lipinski definition) is 1. The molecule has 1 saturated carbocycles. The van der Waals surface area contributed by atoms with E-state index in [2.05, 4.69) is 50.3 Å². The molecule has 0 N–H and O–H groups in total. The average molecular weight is 341 g/mol. The topological polar surface area (TPSA) is 9.23 Å². The van der Waals surface area contributed by atoms with Crippen LogP contribution in [0.25, 0.3) is 0 Å². The van der Waals surface area contributed by atoms with E-state index >= 15 is 0 Å². The van der Waals surface area contributed by atoms with Gasteiger partial charge < -0.3 is 4.74 Å². The number of benzene rings is 1. The predicted molar refractivity (Wildman–Crippen MR) is 107 cm³/mol. The Balaban J connectivity index is 1.72. The van der Waals surface area contributed by atoms with Crippen LogP contribution < -0.4 is 4.74 Å².